The molecule has 0 spiro atoms. The fraction of sp³-hybridized carbons (Fsp3) is 0.486. The van der Waals surface area contributed by atoms with Crippen LogP contribution in [-0.2, 0) is 9.53 Å². The minimum atomic E-state index is -1.23. The van der Waals surface area contributed by atoms with E-state index in [1.165, 1.54) is 5.69 Å². The molecule has 2 aromatic carbocycles. The van der Waals surface area contributed by atoms with Crippen LogP contribution in [0, 0.1) is 5.92 Å². The highest BCUT2D eigenvalue weighted by Gasteiger charge is 2.43. The van der Waals surface area contributed by atoms with Gasteiger partial charge in [0, 0.05) is 87.6 Å². The van der Waals surface area contributed by atoms with Crippen LogP contribution in [0.3, 0.4) is 0 Å². The number of aliphatic carboxylic acids is 1. The van der Waals surface area contributed by atoms with E-state index < -0.39 is 36.3 Å². The summed E-state index contributed by atoms with van der Waals surface area (Å²) in [6.45, 7) is 9.29. The van der Waals surface area contributed by atoms with Crippen LogP contribution in [0.15, 0.2) is 60.9 Å². The zero-order chi connectivity index (χ0) is 35.9. The van der Waals surface area contributed by atoms with Crippen LogP contribution in [0.4, 0.5) is 11.4 Å². The van der Waals surface area contributed by atoms with Gasteiger partial charge in [0.25, 0.3) is 0 Å². The molecule has 3 fully saturated rings. The number of aromatic nitrogens is 2. The molecule has 0 bridgehead atoms. The van der Waals surface area contributed by atoms with E-state index in [2.05, 4.69) is 42.9 Å². The third-order valence-electron chi connectivity index (χ3n) is 10.1. The molecule has 13 nitrogen and oxygen atoms in total. The highest BCUT2D eigenvalue weighted by molar-refractivity contribution is 5.95. The van der Waals surface area contributed by atoms with E-state index in [9.17, 15) is 20.1 Å². The summed E-state index contributed by atoms with van der Waals surface area (Å²) in [5, 5.41) is 46.7. The Bertz CT molecular complexity index is 1730. The molecule has 2 aromatic heterocycles. The Morgan fingerprint density at radius 2 is 1.48 bits per heavy atom. The van der Waals surface area contributed by atoms with E-state index >= 15 is 0 Å². The van der Waals surface area contributed by atoms with Gasteiger partial charge in [0.1, 0.15) is 11.5 Å². The number of aliphatic hydroxyl groups is 3. The smallest absolute Gasteiger partial charge is 0.335 e. The molecule has 5 N–H and O–H groups in total. The number of piperidine rings is 1. The highest BCUT2D eigenvalue weighted by atomic mass is 16.5. The van der Waals surface area contributed by atoms with E-state index in [1.54, 1.807) is 33.2 Å². The van der Waals surface area contributed by atoms with Crippen LogP contribution in [0.5, 0.6) is 11.5 Å². The number of piperazine rings is 1. The summed E-state index contributed by atoms with van der Waals surface area (Å²) >= 11 is 0. The van der Waals surface area contributed by atoms with Crippen molar-refractivity contribution >= 4 is 39.1 Å². The molecular weight excluding hydrogens is 642 g/mol. The minimum absolute atomic E-state index is 0.295. The summed E-state index contributed by atoms with van der Waals surface area (Å²) in [4.78, 5) is 27.4. The largest absolute Gasteiger partial charge is 0.507 e. The SMILES string of the molecule is CC1OC(C(=O)O)C(O)C(C)C1O.CO.COc1cc(N2CCN(C3CCN(c4ccc(O)c5cccnc45)CC3)CC2)c2ncccc2c1. The van der Waals surface area contributed by atoms with Crippen LogP contribution >= 0.6 is 0 Å². The van der Waals surface area contributed by atoms with Gasteiger partial charge in [-0.25, -0.2) is 4.79 Å². The molecule has 0 radical (unpaired) electrons. The first-order valence-electron chi connectivity index (χ1n) is 17.1. The maximum atomic E-state index is 10.6. The van der Waals surface area contributed by atoms with E-state index in [0.717, 1.165) is 92.5 Å². The zero-order valence-electron chi connectivity index (χ0n) is 29.1. The standard InChI is InChI=1S/C28H31N5O2.C8H14O5.CH4O/c1-35-22-18-20-4-2-10-29-27(20)25(19-22)33-16-14-31(15-17-33)21-8-12-32(13-9-21)24-6-7-26(34)23-5-3-11-30-28(23)24;1-3-5(9)4(2)13-7(6(3)10)8(11)12;1-2/h2-7,10-11,18-19,21,34H,8-9,12-17H2,1H3;3-7,9-10H,1-2H3,(H,11,12);2H,1H3. The van der Waals surface area contributed by atoms with Crippen LogP contribution < -0.4 is 14.5 Å². The molecule has 3 aliphatic rings. The first-order valence-corrected chi connectivity index (χ1v) is 17.1. The number of phenolic OH excluding ortho intramolecular Hbond substituents is 1. The fourth-order valence-corrected chi connectivity index (χ4v) is 7.20. The van der Waals surface area contributed by atoms with Crippen molar-refractivity contribution in [3.8, 4) is 11.5 Å². The first-order chi connectivity index (χ1) is 24.2. The van der Waals surface area contributed by atoms with Crippen molar-refractivity contribution in [3.05, 3.63) is 60.9 Å². The van der Waals surface area contributed by atoms with Gasteiger partial charge in [0.05, 0.1) is 47.8 Å². The molecule has 0 saturated carbocycles. The summed E-state index contributed by atoms with van der Waals surface area (Å²) in [5.74, 6) is -0.502. The number of aromatic hydroxyl groups is 1. The van der Waals surface area contributed by atoms with Gasteiger partial charge < -0.3 is 44.8 Å². The predicted octanol–water partition coefficient (Wildman–Crippen LogP) is 3.11. The lowest BCUT2D eigenvalue weighted by Gasteiger charge is -2.44. The van der Waals surface area contributed by atoms with Gasteiger partial charge in [-0.1, -0.05) is 13.0 Å². The summed E-state index contributed by atoms with van der Waals surface area (Å²) in [6, 6.07) is 16.5. The Labute approximate surface area is 292 Å². The van der Waals surface area contributed by atoms with Crippen molar-refractivity contribution in [2.45, 2.75) is 57.1 Å². The molecule has 50 heavy (non-hydrogen) atoms. The van der Waals surface area contributed by atoms with Gasteiger partial charge in [-0.15, -0.1) is 0 Å². The molecular formula is C37H49N5O8. The average molecular weight is 692 g/mol. The van der Waals surface area contributed by atoms with Crippen molar-refractivity contribution < 1.29 is 39.8 Å². The van der Waals surface area contributed by atoms with E-state index in [4.69, 9.17) is 19.7 Å². The maximum Gasteiger partial charge on any atom is 0.335 e. The van der Waals surface area contributed by atoms with Crippen LogP contribution in [0.1, 0.15) is 26.7 Å². The number of ether oxygens (including phenoxy) is 2. The summed E-state index contributed by atoms with van der Waals surface area (Å²) < 4.78 is 10.5. The lowest BCUT2D eigenvalue weighted by atomic mass is 9.88. The number of methoxy groups -OCH3 is 1. The van der Waals surface area contributed by atoms with E-state index in [-0.39, 0.29) is 0 Å². The third kappa shape index (κ3) is 7.87. The third-order valence-corrected chi connectivity index (χ3v) is 10.1. The number of phenols is 1. The van der Waals surface area contributed by atoms with Crippen molar-refractivity contribution in [2.75, 3.05) is 63.3 Å². The predicted molar refractivity (Wildman–Crippen MR) is 192 cm³/mol. The number of anilines is 2. The van der Waals surface area contributed by atoms with E-state index in [0.29, 0.717) is 11.8 Å². The normalized spacial score (nSPS) is 24.6. The number of hydrogen-bond donors (Lipinski definition) is 5. The number of nitrogens with zero attached hydrogens (tertiary/aromatic N) is 5. The number of carboxylic acid groups (broad SMARTS) is 1. The fourth-order valence-electron chi connectivity index (χ4n) is 7.20. The second-order valence-corrected chi connectivity index (χ2v) is 12.9. The Morgan fingerprint density at radius 3 is 2.14 bits per heavy atom. The van der Waals surface area contributed by atoms with Gasteiger partial charge in [-0.3, -0.25) is 14.9 Å². The topological polar surface area (TPSA) is 172 Å². The second kappa shape index (κ2) is 16.6. The van der Waals surface area contributed by atoms with Crippen molar-refractivity contribution in [2.24, 2.45) is 5.92 Å². The summed E-state index contributed by atoms with van der Waals surface area (Å²) in [6.07, 6.45) is 2.20. The van der Waals surface area contributed by atoms with E-state index in [1.807, 2.05) is 30.5 Å². The molecule has 3 saturated heterocycles. The molecule has 0 aliphatic carbocycles. The van der Waals surface area contributed by atoms with Crippen LogP contribution in [0.25, 0.3) is 21.8 Å². The molecule has 5 unspecified atom stereocenters. The molecule has 270 valence electrons. The molecule has 0 amide bonds. The lowest BCUT2D eigenvalue weighted by Crippen LogP contribution is -2.54. The second-order valence-electron chi connectivity index (χ2n) is 12.9. The van der Waals surface area contributed by atoms with Gasteiger partial charge in [-0.05, 0) is 56.2 Å². The van der Waals surface area contributed by atoms with Crippen LogP contribution in [0.2, 0.25) is 0 Å². The summed E-state index contributed by atoms with van der Waals surface area (Å²) in [5.41, 5.74) is 4.23. The Balaban J connectivity index is 0.000000273. The average Bonchev–Trinajstić information content (AvgIpc) is 3.16. The zero-order valence-corrected chi connectivity index (χ0v) is 29.1. The van der Waals surface area contributed by atoms with Crippen molar-refractivity contribution in [3.63, 3.8) is 0 Å². The summed E-state index contributed by atoms with van der Waals surface area (Å²) in [7, 11) is 2.72. The van der Waals surface area contributed by atoms with Gasteiger partial charge in [0.2, 0.25) is 0 Å². The first kappa shape index (κ1) is 37.0. The number of fused-ring (bicyclic) bond motifs is 2. The van der Waals surface area contributed by atoms with Crippen LogP contribution in [-0.4, -0.2) is 130 Å². The number of rotatable bonds is 5. The number of pyridine rings is 2. The number of benzene rings is 2. The minimum Gasteiger partial charge on any atom is -0.507 e. The molecule has 7 rings (SSSR count). The molecule has 13 heteroatoms. The Kier molecular flexibility index (Phi) is 12.3. The lowest BCUT2D eigenvalue weighted by molar-refractivity contribution is -0.205. The molecule has 4 aromatic rings. The number of carboxylic acids is 1. The number of carbonyl (C=O) groups is 1. The Morgan fingerprint density at radius 1 is 0.840 bits per heavy atom. The molecule has 3 aliphatic heterocycles. The molecule has 5 heterocycles. The molecule has 5 atom stereocenters. The van der Waals surface area contributed by atoms with Gasteiger partial charge in [0.15, 0.2) is 6.10 Å². The highest BCUT2D eigenvalue weighted by Crippen LogP contribution is 2.35. The Hall–Kier alpha value is -4.27. The quantitative estimate of drug-likeness (QED) is 0.207. The maximum absolute atomic E-state index is 10.6. The monoisotopic (exact) mass is 691 g/mol. The number of hydrogen-bond acceptors (Lipinski definition) is 12. The number of aliphatic hydroxyl groups excluding tert-OH is 3. The van der Waals surface area contributed by atoms with Gasteiger partial charge >= 0.3 is 5.97 Å². The van der Waals surface area contributed by atoms with Crippen molar-refractivity contribution in [1.29, 1.82) is 0 Å². The van der Waals surface area contributed by atoms with Crippen molar-refractivity contribution in [1.82, 2.24) is 14.9 Å². The van der Waals surface area contributed by atoms with Gasteiger partial charge in [-0.2, -0.15) is 0 Å².